The summed E-state index contributed by atoms with van der Waals surface area (Å²) < 4.78 is 0. The molecule has 0 aromatic heterocycles. The molecule has 4 fully saturated rings. The standard InChI is InChI=1S/C29H49N/c1-3-5-7-10-22-11-9-12-26-24(22)15-16-27-25-17-19-29(21-30,18-8-6-4-2)20-23(25)13-14-28(26)27/h22-28H,3-20H2,1-2H3. The fraction of sp³-hybridized carbons (Fsp3) is 0.966. The van der Waals surface area contributed by atoms with Gasteiger partial charge in [-0.1, -0.05) is 71.6 Å². The first-order chi connectivity index (χ1) is 14.7. The third-order valence-corrected chi connectivity index (χ3v) is 10.5. The molecule has 8 unspecified atom stereocenters. The summed E-state index contributed by atoms with van der Waals surface area (Å²) in [5, 5.41) is 10.1. The average molecular weight is 412 g/mol. The number of hydrogen-bond donors (Lipinski definition) is 0. The van der Waals surface area contributed by atoms with Crippen molar-refractivity contribution in [1.82, 2.24) is 0 Å². The molecule has 4 aliphatic carbocycles. The second kappa shape index (κ2) is 10.4. The third kappa shape index (κ3) is 4.64. The van der Waals surface area contributed by atoms with Gasteiger partial charge < -0.3 is 0 Å². The number of unbranched alkanes of at least 4 members (excludes halogenated alkanes) is 4. The van der Waals surface area contributed by atoms with Gasteiger partial charge in [0, 0.05) is 0 Å². The lowest BCUT2D eigenvalue weighted by Crippen LogP contribution is -2.49. The van der Waals surface area contributed by atoms with Gasteiger partial charge in [-0.15, -0.1) is 0 Å². The van der Waals surface area contributed by atoms with Gasteiger partial charge in [0.2, 0.25) is 0 Å². The monoisotopic (exact) mass is 411 g/mol. The average Bonchev–Trinajstić information content (AvgIpc) is 2.79. The van der Waals surface area contributed by atoms with Gasteiger partial charge in [-0.2, -0.15) is 5.26 Å². The molecule has 0 N–H and O–H groups in total. The SMILES string of the molecule is CCCCCC1CCCC2C1CCC1C3CCC(C#N)(CCCCC)CC3CCC21. The minimum atomic E-state index is 0.0373. The molecule has 170 valence electrons. The molecule has 4 saturated carbocycles. The second-order valence-corrected chi connectivity index (χ2v) is 12.0. The van der Waals surface area contributed by atoms with Crippen molar-refractivity contribution in [2.75, 3.05) is 0 Å². The highest BCUT2D eigenvalue weighted by Crippen LogP contribution is 2.60. The Morgan fingerprint density at radius 3 is 2.23 bits per heavy atom. The molecule has 0 aliphatic heterocycles. The van der Waals surface area contributed by atoms with Crippen molar-refractivity contribution in [3.8, 4) is 6.07 Å². The molecule has 1 nitrogen and oxygen atoms in total. The molecule has 8 atom stereocenters. The smallest absolute Gasteiger partial charge is 0.0689 e. The Kier molecular flexibility index (Phi) is 7.86. The van der Waals surface area contributed by atoms with E-state index in [1.165, 1.54) is 103 Å². The lowest BCUT2D eigenvalue weighted by atomic mass is 9.48. The zero-order chi connectivity index (χ0) is 21.0. The van der Waals surface area contributed by atoms with E-state index in [0.717, 1.165) is 41.4 Å². The normalized spacial score (nSPS) is 43.2. The van der Waals surface area contributed by atoms with E-state index >= 15 is 0 Å². The maximum Gasteiger partial charge on any atom is 0.0689 e. The summed E-state index contributed by atoms with van der Waals surface area (Å²) in [5.74, 6) is 7.12. The number of fused-ring (bicyclic) bond motifs is 5. The van der Waals surface area contributed by atoms with Gasteiger partial charge in [-0.3, -0.25) is 0 Å². The molecule has 4 rings (SSSR count). The first-order valence-corrected chi connectivity index (χ1v) is 14.1. The number of hydrogen-bond acceptors (Lipinski definition) is 1. The van der Waals surface area contributed by atoms with E-state index in [4.69, 9.17) is 0 Å². The predicted octanol–water partition coefficient (Wildman–Crippen LogP) is 8.93. The van der Waals surface area contributed by atoms with Crippen molar-refractivity contribution >= 4 is 0 Å². The molecular formula is C29H49N. The molecule has 0 aromatic carbocycles. The Morgan fingerprint density at radius 1 is 0.733 bits per heavy atom. The summed E-state index contributed by atoms with van der Waals surface area (Å²) in [5.41, 5.74) is 0.0373. The highest BCUT2D eigenvalue weighted by molar-refractivity contribution is 5.07. The second-order valence-electron chi connectivity index (χ2n) is 12.0. The maximum absolute atomic E-state index is 10.1. The van der Waals surface area contributed by atoms with Crippen molar-refractivity contribution < 1.29 is 0 Å². The van der Waals surface area contributed by atoms with Gasteiger partial charge in [0.05, 0.1) is 11.5 Å². The Balaban J connectivity index is 1.38. The fourth-order valence-corrected chi connectivity index (χ4v) is 9.08. The predicted molar refractivity (Wildman–Crippen MR) is 127 cm³/mol. The Morgan fingerprint density at radius 2 is 1.43 bits per heavy atom. The molecule has 30 heavy (non-hydrogen) atoms. The Hall–Kier alpha value is -0.510. The van der Waals surface area contributed by atoms with Crippen molar-refractivity contribution in [3.05, 3.63) is 0 Å². The molecule has 0 saturated heterocycles. The van der Waals surface area contributed by atoms with Gasteiger partial charge in [0.15, 0.2) is 0 Å². The van der Waals surface area contributed by atoms with Crippen molar-refractivity contribution in [2.24, 2.45) is 46.8 Å². The van der Waals surface area contributed by atoms with Crippen LogP contribution >= 0.6 is 0 Å². The number of rotatable bonds is 8. The summed E-state index contributed by atoms with van der Waals surface area (Å²) in [7, 11) is 0. The molecule has 0 bridgehead atoms. The Bertz CT molecular complexity index is 575. The van der Waals surface area contributed by atoms with Gasteiger partial charge >= 0.3 is 0 Å². The molecule has 0 heterocycles. The molecule has 0 radical (unpaired) electrons. The van der Waals surface area contributed by atoms with Gasteiger partial charge in [0.1, 0.15) is 0 Å². The molecule has 1 heteroatoms. The molecule has 0 spiro atoms. The van der Waals surface area contributed by atoms with Crippen LogP contribution in [0.15, 0.2) is 0 Å². The highest BCUT2D eigenvalue weighted by atomic mass is 14.6. The van der Waals surface area contributed by atoms with Crippen LogP contribution in [0, 0.1) is 58.2 Å². The van der Waals surface area contributed by atoms with Gasteiger partial charge in [-0.25, -0.2) is 0 Å². The summed E-state index contributed by atoms with van der Waals surface area (Å²) in [6.07, 6.45) is 25.4. The van der Waals surface area contributed by atoms with Crippen LogP contribution in [0.2, 0.25) is 0 Å². The third-order valence-electron chi connectivity index (χ3n) is 10.5. The summed E-state index contributed by atoms with van der Waals surface area (Å²) in [6, 6.07) is 2.86. The van der Waals surface area contributed by atoms with Gasteiger partial charge in [-0.05, 0) is 99.2 Å². The maximum atomic E-state index is 10.1. The Labute approximate surface area is 187 Å². The molecule has 4 aliphatic rings. The van der Waals surface area contributed by atoms with Crippen molar-refractivity contribution in [1.29, 1.82) is 5.26 Å². The van der Waals surface area contributed by atoms with Crippen LogP contribution in [0.1, 0.15) is 129 Å². The molecule has 0 aromatic rings. The van der Waals surface area contributed by atoms with Crippen LogP contribution in [0.3, 0.4) is 0 Å². The zero-order valence-corrected chi connectivity index (χ0v) is 20.2. The van der Waals surface area contributed by atoms with E-state index in [9.17, 15) is 5.26 Å². The summed E-state index contributed by atoms with van der Waals surface area (Å²) >= 11 is 0. The highest BCUT2D eigenvalue weighted by Gasteiger charge is 2.52. The van der Waals surface area contributed by atoms with E-state index in [1.807, 2.05) is 0 Å². The lowest BCUT2D eigenvalue weighted by Gasteiger charge is -2.57. The lowest BCUT2D eigenvalue weighted by molar-refractivity contribution is -0.0718. The van der Waals surface area contributed by atoms with Crippen LogP contribution in [0.5, 0.6) is 0 Å². The first kappa shape index (κ1) is 22.7. The van der Waals surface area contributed by atoms with Crippen LogP contribution < -0.4 is 0 Å². The summed E-state index contributed by atoms with van der Waals surface area (Å²) in [4.78, 5) is 0. The molecule has 0 amide bonds. The fourth-order valence-electron chi connectivity index (χ4n) is 9.08. The topological polar surface area (TPSA) is 23.8 Å². The van der Waals surface area contributed by atoms with Crippen LogP contribution in [0.4, 0.5) is 0 Å². The number of nitriles is 1. The van der Waals surface area contributed by atoms with E-state index in [-0.39, 0.29) is 5.41 Å². The van der Waals surface area contributed by atoms with Crippen LogP contribution in [-0.2, 0) is 0 Å². The zero-order valence-electron chi connectivity index (χ0n) is 20.2. The number of nitrogens with zero attached hydrogens (tertiary/aromatic N) is 1. The van der Waals surface area contributed by atoms with Crippen molar-refractivity contribution in [2.45, 2.75) is 129 Å². The quantitative estimate of drug-likeness (QED) is 0.366. The van der Waals surface area contributed by atoms with E-state index in [0.29, 0.717) is 0 Å². The van der Waals surface area contributed by atoms with Gasteiger partial charge in [0.25, 0.3) is 0 Å². The first-order valence-electron chi connectivity index (χ1n) is 14.1. The molecular weight excluding hydrogens is 362 g/mol. The van der Waals surface area contributed by atoms with Crippen LogP contribution in [-0.4, -0.2) is 0 Å². The largest absolute Gasteiger partial charge is 0.198 e. The minimum Gasteiger partial charge on any atom is -0.198 e. The summed E-state index contributed by atoms with van der Waals surface area (Å²) in [6.45, 7) is 4.63. The van der Waals surface area contributed by atoms with E-state index in [1.54, 1.807) is 12.8 Å². The van der Waals surface area contributed by atoms with Crippen LogP contribution in [0.25, 0.3) is 0 Å². The van der Waals surface area contributed by atoms with E-state index < -0.39 is 0 Å². The van der Waals surface area contributed by atoms with Crippen molar-refractivity contribution in [3.63, 3.8) is 0 Å². The van der Waals surface area contributed by atoms with E-state index in [2.05, 4.69) is 19.9 Å². The minimum absolute atomic E-state index is 0.0373.